The number of fused-ring (bicyclic) bond motifs is 3. The Bertz CT molecular complexity index is 637. The number of piperidine rings is 1. The average molecular weight is 337 g/mol. The fourth-order valence-corrected chi connectivity index (χ4v) is 16.7. The van der Waals surface area contributed by atoms with Gasteiger partial charge in [-0.15, -0.1) is 0 Å². The molecule has 6 nitrogen and oxygen atoms in total. The van der Waals surface area contributed by atoms with Gasteiger partial charge in [0.2, 0.25) is 0 Å². The summed E-state index contributed by atoms with van der Waals surface area (Å²) >= 11 is 0. The minimum absolute atomic E-state index is 0.146. The highest BCUT2D eigenvalue weighted by atomic mass is 32.6. The van der Waals surface area contributed by atoms with Crippen LogP contribution in [-0.2, 0) is 23.0 Å². The van der Waals surface area contributed by atoms with Gasteiger partial charge in [0, 0.05) is 25.1 Å². The number of rotatable bonds is 2. The van der Waals surface area contributed by atoms with E-state index in [1.807, 2.05) is 0 Å². The second-order valence-corrected chi connectivity index (χ2v) is 19.6. The van der Waals surface area contributed by atoms with Gasteiger partial charge in [-0.1, -0.05) is 6.42 Å². The summed E-state index contributed by atoms with van der Waals surface area (Å²) in [6, 6.07) is 0.146. The molecule has 1 unspecified atom stereocenters. The van der Waals surface area contributed by atoms with Crippen molar-refractivity contribution >= 4 is 25.2 Å². The Morgan fingerprint density at radius 3 is 2.45 bits per heavy atom. The fourth-order valence-electron chi connectivity index (χ4n) is 3.51. The van der Waals surface area contributed by atoms with Crippen molar-refractivity contribution in [1.82, 2.24) is 4.90 Å². The van der Waals surface area contributed by atoms with Crippen molar-refractivity contribution in [1.29, 1.82) is 0 Å². The second kappa shape index (κ2) is 4.39. The van der Waals surface area contributed by atoms with Crippen LogP contribution in [0.1, 0.15) is 19.3 Å². The van der Waals surface area contributed by atoms with E-state index in [1.54, 1.807) is 0 Å². The van der Waals surface area contributed by atoms with Crippen molar-refractivity contribution in [3.63, 3.8) is 0 Å². The monoisotopic (exact) mass is 337 g/mol. The van der Waals surface area contributed by atoms with E-state index in [2.05, 4.69) is 4.90 Å². The summed E-state index contributed by atoms with van der Waals surface area (Å²) in [5, 5.41) is 0. The minimum Gasteiger partial charge on any atom is -0.381 e. The zero-order chi connectivity index (χ0) is 14.8. The number of hydrogen-bond acceptors (Lipinski definition) is 6. The van der Waals surface area contributed by atoms with Crippen LogP contribution in [0.3, 0.4) is 0 Å². The maximum absolute atomic E-state index is 12.1. The predicted octanol–water partition coefficient (Wildman–Crippen LogP) is -0.253. The van der Waals surface area contributed by atoms with Crippen molar-refractivity contribution in [3.05, 3.63) is 11.3 Å². The molecular formula is C11H19NO5S2Si. The van der Waals surface area contributed by atoms with Gasteiger partial charge in [0.25, 0.3) is 0 Å². The molecule has 2 saturated heterocycles. The third-order valence-corrected chi connectivity index (χ3v) is 20.8. The molecule has 3 aliphatic rings. The third-order valence-electron chi connectivity index (χ3n) is 4.45. The molecule has 0 aromatic heterocycles. The normalized spacial score (nSPS) is 33.6. The quantitative estimate of drug-likeness (QED) is 0.646. The number of hydrogen-bond donors (Lipinski definition) is 0. The second-order valence-electron chi connectivity index (χ2n) is 5.94. The van der Waals surface area contributed by atoms with Gasteiger partial charge in [-0.05, 0) is 30.7 Å². The smallest absolute Gasteiger partial charge is 0.381 e. The summed E-state index contributed by atoms with van der Waals surface area (Å²) in [5.41, 5.74) is 2.33. The molecule has 0 aliphatic carbocycles. The number of nitrogens with zero attached hydrogens (tertiary/aromatic N) is 1. The molecule has 114 valence electrons. The van der Waals surface area contributed by atoms with Crippen molar-refractivity contribution in [2.45, 2.75) is 31.4 Å². The lowest BCUT2D eigenvalue weighted by molar-refractivity contribution is 0.118. The van der Waals surface area contributed by atoms with Crippen LogP contribution >= 0.6 is 0 Å². The Labute approximate surface area is 120 Å². The lowest BCUT2D eigenvalue weighted by Gasteiger charge is -2.33. The van der Waals surface area contributed by atoms with E-state index < -0.39 is 25.2 Å². The van der Waals surface area contributed by atoms with Gasteiger partial charge in [0.15, 0.2) is 18.6 Å². The summed E-state index contributed by atoms with van der Waals surface area (Å²) in [7, 11) is -7.54. The maximum atomic E-state index is 12.1. The zero-order valence-corrected chi connectivity index (χ0v) is 14.2. The van der Waals surface area contributed by atoms with Gasteiger partial charge in [0.1, 0.15) is 0 Å². The summed E-state index contributed by atoms with van der Waals surface area (Å²) < 4.78 is 54.2. The molecule has 2 fully saturated rings. The van der Waals surface area contributed by atoms with Crippen LogP contribution in [0.25, 0.3) is 0 Å². The van der Waals surface area contributed by atoms with E-state index in [0.717, 1.165) is 43.9 Å². The molecule has 2 atom stereocenters. The van der Waals surface area contributed by atoms with Crippen molar-refractivity contribution in [3.8, 4) is 0 Å². The van der Waals surface area contributed by atoms with E-state index in [-0.39, 0.29) is 12.1 Å². The average Bonchev–Trinajstić information content (AvgIpc) is 2.81. The van der Waals surface area contributed by atoms with Crippen LogP contribution in [0.15, 0.2) is 11.3 Å². The Kier molecular flexibility index (Phi) is 3.23. The molecule has 3 rings (SSSR count). The van der Waals surface area contributed by atoms with Crippen molar-refractivity contribution in [2.75, 3.05) is 25.6 Å². The minimum atomic E-state index is -3.95. The molecule has 0 bridgehead atoms. The van der Waals surface area contributed by atoms with Crippen molar-refractivity contribution in [2.24, 2.45) is 0 Å². The Morgan fingerprint density at radius 1 is 1.20 bits per heavy atom. The first kappa shape index (κ1) is 14.7. The Hall–Kier alpha value is -0.223. The summed E-state index contributed by atoms with van der Waals surface area (Å²) in [6.07, 6.45) is 4.79. The highest BCUT2D eigenvalue weighted by molar-refractivity contribution is 8.50. The van der Waals surface area contributed by atoms with Gasteiger partial charge >= 0.3 is 6.62 Å². The van der Waals surface area contributed by atoms with E-state index in [1.165, 1.54) is 5.70 Å². The van der Waals surface area contributed by atoms with Crippen LogP contribution in [0.2, 0.25) is 0 Å². The van der Waals surface area contributed by atoms with Crippen LogP contribution in [0.5, 0.6) is 0 Å². The molecule has 3 aliphatic heterocycles. The summed E-state index contributed by atoms with van der Waals surface area (Å²) in [4.78, 5) is 2.28. The lowest BCUT2D eigenvalue weighted by atomic mass is 10.00. The van der Waals surface area contributed by atoms with Gasteiger partial charge in [-0.25, -0.2) is 16.8 Å². The van der Waals surface area contributed by atoms with E-state index in [0.29, 0.717) is 6.54 Å². The third kappa shape index (κ3) is 1.94. The molecule has 0 saturated carbocycles. The molecule has 0 radical (unpaired) electrons. The first-order valence-electron chi connectivity index (χ1n) is 6.68. The fraction of sp³-hybridized carbons (Fsp3) is 0.818. The first-order chi connectivity index (χ1) is 9.16. The predicted molar refractivity (Wildman–Crippen MR) is 77.6 cm³/mol. The van der Waals surface area contributed by atoms with E-state index in [9.17, 15) is 16.8 Å². The molecule has 9 heteroatoms. The molecule has 0 aromatic rings. The first-order valence-corrected chi connectivity index (χ1v) is 13.9. The van der Waals surface area contributed by atoms with Crippen LogP contribution in [0.4, 0.5) is 0 Å². The Balaban J connectivity index is 2.06. The standard InChI is InChI=1S/C11H19NO5S2Si/c1-18(13,14)20(19(2,15)16)8-9-7-12-6-4-3-5-10(12)11(9)17-20/h8,10-11H,3-7H2,1-2H3/t10?,11-/m1/s1. The molecular weight excluding hydrogens is 318 g/mol. The lowest BCUT2D eigenvalue weighted by Crippen LogP contribution is -2.54. The summed E-state index contributed by atoms with van der Waals surface area (Å²) in [5.74, 6) is 0. The largest absolute Gasteiger partial charge is 0.481 e. The molecule has 20 heavy (non-hydrogen) atoms. The van der Waals surface area contributed by atoms with Gasteiger partial charge < -0.3 is 4.43 Å². The highest BCUT2D eigenvalue weighted by Crippen LogP contribution is 2.42. The summed E-state index contributed by atoms with van der Waals surface area (Å²) in [6.45, 7) is -2.32. The Morgan fingerprint density at radius 2 is 1.85 bits per heavy atom. The SMILES string of the molecule is CS(=O)(=O)[Si]1(S(C)(=O)=O)C=C2CN3CCCCC3[C@@H]2O1. The van der Waals surface area contributed by atoms with E-state index >= 15 is 0 Å². The zero-order valence-electron chi connectivity index (χ0n) is 11.6. The van der Waals surface area contributed by atoms with Crippen LogP contribution in [0, 0.1) is 0 Å². The van der Waals surface area contributed by atoms with Crippen molar-refractivity contribution < 1.29 is 21.3 Å². The topological polar surface area (TPSA) is 80.8 Å². The van der Waals surface area contributed by atoms with Crippen LogP contribution in [-0.4, -0.2) is 66.1 Å². The van der Waals surface area contributed by atoms with E-state index in [4.69, 9.17) is 4.43 Å². The van der Waals surface area contributed by atoms with Gasteiger partial charge in [0.05, 0.1) is 6.10 Å². The maximum Gasteiger partial charge on any atom is 0.481 e. The van der Waals surface area contributed by atoms with Crippen LogP contribution < -0.4 is 0 Å². The van der Waals surface area contributed by atoms with Gasteiger partial charge in [-0.2, -0.15) is 0 Å². The molecule has 3 heterocycles. The molecule has 0 spiro atoms. The molecule has 0 aromatic carbocycles. The highest BCUT2D eigenvalue weighted by Gasteiger charge is 2.64. The molecule has 0 amide bonds. The molecule has 0 N–H and O–H groups in total. The van der Waals surface area contributed by atoms with Gasteiger partial charge in [-0.3, -0.25) is 4.90 Å².